The Labute approximate surface area is 195 Å². The van der Waals surface area contributed by atoms with Gasteiger partial charge in [0.2, 0.25) is 5.91 Å². The van der Waals surface area contributed by atoms with Gasteiger partial charge < -0.3 is 9.80 Å². The van der Waals surface area contributed by atoms with Crippen molar-refractivity contribution in [2.24, 2.45) is 0 Å². The van der Waals surface area contributed by atoms with Crippen LogP contribution in [0.3, 0.4) is 0 Å². The number of amides is 1. The van der Waals surface area contributed by atoms with Gasteiger partial charge in [0, 0.05) is 43.5 Å². The zero-order valence-electron chi connectivity index (χ0n) is 18.8. The number of nitrogens with zero attached hydrogens (tertiary/aromatic N) is 4. The number of rotatable bonds is 5. The van der Waals surface area contributed by atoms with Crippen LogP contribution >= 0.6 is 0 Å². The van der Waals surface area contributed by atoms with Gasteiger partial charge in [-0.05, 0) is 36.2 Å². The molecule has 0 atom stereocenters. The van der Waals surface area contributed by atoms with Gasteiger partial charge in [0.05, 0.1) is 11.3 Å². The maximum Gasteiger partial charge on any atom is 0.416 e. The van der Waals surface area contributed by atoms with Crippen molar-refractivity contribution in [3.8, 4) is 11.3 Å². The first kappa shape index (κ1) is 23.5. The van der Waals surface area contributed by atoms with Crippen molar-refractivity contribution in [2.45, 2.75) is 26.1 Å². The van der Waals surface area contributed by atoms with E-state index in [0.29, 0.717) is 37.6 Å². The van der Waals surface area contributed by atoms with Gasteiger partial charge in [-0.1, -0.05) is 37.3 Å². The molecule has 0 bridgehead atoms. The standard InChI is InChI=1S/C25H25F3N4O2/c1-2-18-6-8-19(9-7-18)22-10-11-23(33)32(29-22)17-24(34)31-14-12-30(13-15-31)21-5-3-4-20(16-21)25(26,27)28/h3-11,16H,2,12-15,17H2,1H3. The van der Waals surface area contributed by atoms with E-state index < -0.39 is 11.7 Å². The summed E-state index contributed by atoms with van der Waals surface area (Å²) in [4.78, 5) is 28.6. The van der Waals surface area contributed by atoms with Gasteiger partial charge in [-0.2, -0.15) is 18.3 Å². The molecule has 3 aromatic rings. The lowest BCUT2D eigenvalue weighted by molar-refractivity contribution is -0.137. The predicted octanol–water partition coefficient (Wildman–Crippen LogP) is 3.84. The van der Waals surface area contributed by atoms with Crippen molar-refractivity contribution in [3.05, 3.63) is 82.1 Å². The molecule has 0 N–H and O–H groups in total. The van der Waals surface area contributed by atoms with Crippen molar-refractivity contribution in [2.75, 3.05) is 31.1 Å². The number of carbonyl (C=O) groups is 1. The topological polar surface area (TPSA) is 58.4 Å². The second kappa shape index (κ2) is 9.70. The fourth-order valence-corrected chi connectivity index (χ4v) is 3.95. The van der Waals surface area contributed by atoms with Crippen molar-refractivity contribution in [3.63, 3.8) is 0 Å². The highest BCUT2D eigenvalue weighted by atomic mass is 19.4. The number of alkyl halides is 3. The van der Waals surface area contributed by atoms with Crippen LogP contribution < -0.4 is 10.5 Å². The van der Waals surface area contributed by atoms with E-state index in [0.717, 1.165) is 28.8 Å². The molecule has 0 saturated carbocycles. The number of aromatic nitrogens is 2. The Morgan fingerprint density at radius 2 is 1.68 bits per heavy atom. The minimum Gasteiger partial charge on any atom is -0.368 e. The predicted molar refractivity (Wildman–Crippen MR) is 124 cm³/mol. The van der Waals surface area contributed by atoms with Crippen LogP contribution in [0.5, 0.6) is 0 Å². The second-order valence-corrected chi connectivity index (χ2v) is 8.18. The number of hydrogen-bond acceptors (Lipinski definition) is 4. The SMILES string of the molecule is CCc1ccc(-c2ccc(=O)n(CC(=O)N3CCN(c4cccc(C(F)(F)F)c4)CC3)n2)cc1. The molecule has 0 unspecified atom stereocenters. The Morgan fingerprint density at radius 3 is 2.32 bits per heavy atom. The normalized spacial score (nSPS) is 14.4. The molecule has 178 valence electrons. The van der Waals surface area contributed by atoms with Crippen LogP contribution in [0.2, 0.25) is 0 Å². The summed E-state index contributed by atoms with van der Waals surface area (Å²) in [5, 5.41) is 4.37. The summed E-state index contributed by atoms with van der Waals surface area (Å²) in [7, 11) is 0. The molecule has 1 amide bonds. The number of hydrogen-bond donors (Lipinski definition) is 0. The van der Waals surface area contributed by atoms with Gasteiger partial charge in [-0.15, -0.1) is 0 Å². The van der Waals surface area contributed by atoms with Crippen LogP contribution in [0.4, 0.5) is 18.9 Å². The lowest BCUT2D eigenvalue weighted by atomic mass is 10.1. The van der Waals surface area contributed by atoms with Gasteiger partial charge in [0.25, 0.3) is 5.56 Å². The Morgan fingerprint density at radius 1 is 0.971 bits per heavy atom. The fraction of sp³-hybridized carbons (Fsp3) is 0.320. The van der Waals surface area contributed by atoms with Crippen LogP contribution in [-0.2, 0) is 23.9 Å². The number of carbonyl (C=O) groups excluding carboxylic acids is 1. The second-order valence-electron chi connectivity index (χ2n) is 8.18. The molecule has 6 nitrogen and oxygen atoms in total. The molecule has 1 fully saturated rings. The summed E-state index contributed by atoms with van der Waals surface area (Å²) in [5.74, 6) is -0.253. The van der Waals surface area contributed by atoms with Crippen LogP contribution in [0.15, 0.2) is 65.5 Å². The smallest absolute Gasteiger partial charge is 0.368 e. The van der Waals surface area contributed by atoms with Crippen LogP contribution in [0.25, 0.3) is 11.3 Å². The monoisotopic (exact) mass is 470 g/mol. The first-order valence-corrected chi connectivity index (χ1v) is 11.1. The van der Waals surface area contributed by atoms with Gasteiger partial charge in [-0.25, -0.2) is 4.68 Å². The minimum atomic E-state index is -4.40. The van der Waals surface area contributed by atoms with Crippen LogP contribution in [-0.4, -0.2) is 46.8 Å². The van der Waals surface area contributed by atoms with E-state index in [2.05, 4.69) is 12.0 Å². The highest BCUT2D eigenvalue weighted by Crippen LogP contribution is 2.31. The van der Waals surface area contributed by atoms with Gasteiger partial charge in [0.1, 0.15) is 6.54 Å². The first-order valence-electron chi connectivity index (χ1n) is 11.1. The molecular formula is C25H25F3N4O2. The summed E-state index contributed by atoms with van der Waals surface area (Å²) in [6.45, 7) is 3.38. The molecular weight excluding hydrogens is 445 g/mol. The highest BCUT2D eigenvalue weighted by molar-refractivity contribution is 5.76. The van der Waals surface area contributed by atoms with Crippen molar-refractivity contribution in [1.29, 1.82) is 0 Å². The summed E-state index contributed by atoms with van der Waals surface area (Å²) >= 11 is 0. The Balaban J connectivity index is 1.41. The van der Waals surface area contributed by atoms with Crippen LogP contribution in [0, 0.1) is 0 Å². The molecule has 0 spiro atoms. The first-order chi connectivity index (χ1) is 16.2. The van der Waals surface area contributed by atoms with E-state index in [4.69, 9.17) is 0 Å². The highest BCUT2D eigenvalue weighted by Gasteiger charge is 2.31. The average Bonchev–Trinajstić information content (AvgIpc) is 2.85. The fourth-order valence-electron chi connectivity index (χ4n) is 3.95. The van der Waals surface area contributed by atoms with Crippen molar-refractivity contribution >= 4 is 11.6 Å². The van der Waals surface area contributed by atoms with E-state index in [-0.39, 0.29) is 18.0 Å². The molecule has 4 rings (SSSR count). The van der Waals surface area contributed by atoms with E-state index in [9.17, 15) is 22.8 Å². The zero-order chi connectivity index (χ0) is 24.3. The summed E-state index contributed by atoms with van der Waals surface area (Å²) in [5.41, 5.74) is 2.05. The average molecular weight is 470 g/mol. The van der Waals surface area contributed by atoms with E-state index in [1.54, 1.807) is 17.0 Å². The Hall–Kier alpha value is -3.62. The molecule has 0 aliphatic carbocycles. The van der Waals surface area contributed by atoms with Crippen molar-refractivity contribution < 1.29 is 18.0 Å². The maximum atomic E-state index is 13.0. The molecule has 1 saturated heterocycles. The van der Waals surface area contributed by atoms with E-state index in [1.165, 1.54) is 17.7 Å². The summed E-state index contributed by atoms with van der Waals surface area (Å²) in [6.07, 6.45) is -3.48. The number of anilines is 1. The third kappa shape index (κ3) is 5.30. The molecule has 1 aliphatic heterocycles. The molecule has 34 heavy (non-hydrogen) atoms. The quantitative estimate of drug-likeness (QED) is 0.569. The van der Waals surface area contributed by atoms with Gasteiger partial charge in [-0.3, -0.25) is 9.59 Å². The number of halogens is 3. The summed E-state index contributed by atoms with van der Waals surface area (Å²) in [6, 6.07) is 16.1. The van der Waals surface area contributed by atoms with E-state index in [1.807, 2.05) is 29.2 Å². The molecule has 1 aliphatic rings. The largest absolute Gasteiger partial charge is 0.416 e. The number of piperazine rings is 1. The Kier molecular flexibility index (Phi) is 6.72. The molecule has 0 radical (unpaired) electrons. The minimum absolute atomic E-state index is 0.191. The van der Waals surface area contributed by atoms with Crippen LogP contribution in [0.1, 0.15) is 18.1 Å². The van der Waals surface area contributed by atoms with E-state index >= 15 is 0 Å². The third-order valence-corrected chi connectivity index (χ3v) is 5.98. The van der Waals surface area contributed by atoms with Gasteiger partial charge in [0.15, 0.2) is 0 Å². The third-order valence-electron chi connectivity index (χ3n) is 5.98. The molecule has 2 heterocycles. The molecule has 9 heteroatoms. The maximum absolute atomic E-state index is 13.0. The molecule has 1 aromatic heterocycles. The Bertz CT molecular complexity index is 1210. The lowest BCUT2D eigenvalue weighted by Gasteiger charge is -2.36. The number of benzene rings is 2. The lowest BCUT2D eigenvalue weighted by Crippen LogP contribution is -2.50. The van der Waals surface area contributed by atoms with Crippen molar-refractivity contribution in [1.82, 2.24) is 14.7 Å². The number of aryl methyl sites for hydroxylation is 1. The summed E-state index contributed by atoms with van der Waals surface area (Å²) < 4.78 is 40.2. The van der Waals surface area contributed by atoms with Gasteiger partial charge >= 0.3 is 6.18 Å². The molecule has 2 aromatic carbocycles. The zero-order valence-corrected chi connectivity index (χ0v) is 18.8.